The second kappa shape index (κ2) is 7.59. The number of nitrogens with zero attached hydrogens (tertiary/aromatic N) is 3. The molecule has 7 heteroatoms. The molecule has 0 aliphatic rings. The van der Waals surface area contributed by atoms with Gasteiger partial charge in [-0.15, -0.1) is 0 Å². The lowest BCUT2D eigenvalue weighted by Crippen LogP contribution is -2.31. The zero-order valence-electron chi connectivity index (χ0n) is 15.6. The summed E-state index contributed by atoms with van der Waals surface area (Å²) in [4.78, 5) is 31.1. The van der Waals surface area contributed by atoms with E-state index in [1.165, 1.54) is 16.8 Å². The van der Waals surface area contributed by atoms with Crippen molar-refractivity contribution >= 4 is 11.6 Å². The number of aromatic nitrogens is 2. The Morgan fingerprint density at radius 2 is 1.93 bits per heavy atom. The van der Waals surface area contributed by atoms with E-state index in [-0.39, 0.29) is 17.0 Å². The fraction of sp³-hybridized carbons (Fsp3) is 0.250. The molecule has 0 fully saturated rings. The van der Waals surface area contributed by atoms with Crippen molar-refractivity contribution in [3.05, 3.63) is 75.3 Å². The summed E-state index contributed by atoms with van der Waals surface area (Å²) in [6, 6.07) is 9.42. The molecular weight excluding hydrogens is 344 g/mol. The summed E-state index contributed by atoms with van der Waals surface area (Å²) in [5, 5.41) is 13.1. The van der Waals surface area contributed by atoms with E-state index in [1.54, 1.807) is 6.07 Å². The van der Waals surface area contributed by atoms with E-state index in [1.807, 2.05) is 50.2 Å². The molecule has 3 rings (SSSR count). The molecule has 0 unspecified atom stereocenters. The molecule has 0 atom stereocenters. The van der Waals surface area contributed by atoms with E-state index in [0.717, 1.165) is 11.1 Å². The van der Waals surface area contributed by atoms with Gasteiger partial charge in [0.1, 0.15) is 5.56 Å². The smallest absolute Gasteiger partial charge is 0.270 e. The fourth-order valence-electron chi connectivity index (χ4n) is 2.78. The van der Waals surface area contributed by atoms with Crippen LogP contribution in [0.2, 0.25) is 0 Å². The molecule has 140 valence electrons. The number of amides is 1. The predicted octanol–water partition coefficient (Wildman–Crippen LogP) is 1.70. The summed E-state index contributed by atoms with van der Waals surface area (Å²) >= 11 is 0. The highest BCUT2D eigenvalue weighted by Crippen LogP contribution is 2.21. The Balaban J connectivity index is 1.86. The van der Waals surface area contributed by atoms with Crippen LogP contribution in [-0.4, -0.2) is 39.4 Å². The van der Waals surface area contributed by atoms with Crippen LogP contribution in [0.5, 0.6) is 5.75 Å². The van der Waals surface area contributed by atoms with E-state index in [4.69, 9.17) is 0 Å². The van der Waals surface area contributed by atoms with Crippen LogP contribution in [0.4, 0.5) is 0 Å². The van der Waals surface area contributed by atoms with Gasteiger partial charge in [0.2, 0.25) is 0 Å². The average molecular weight is 366 g/mol. The van der Waals surface area contributed by atoms with Crippen LogP contribution in [0.25, 0.3) is 5.65 Å². The number of benzene rings is 1. The Morgan fingerprint density at radius 3 is 2.59 bits per heavy atom. The summed E-state index contributed by atoms with van der Waals surface area (Å²) in [5.41, 5.74) is 2.27. The molecule has 0 radical (unpaired) electrons. The lowest BCUT2D eigenvalue weighted by molar-refractivity contribution is 0.0949. The molecule has 3 aromatic rings. The molecule has 0 saturated heterocycles. The van der Waals surface area contributed by atoms with Gasteiger partial charge in [-0.2, -0.15) is 0 Å². The largest absolute Gasteiger partial charge is 0.504 e. The highest BCUT2D eigenvalue weighted by Gasteiger charge is 2.16. The SMILES string of the molecule is Cc1ccc(CNC(=O)c2cnc3c(O)c(CN(C)C)ccn3c2=O)cc1. The second-order valence-corrected chi connectivity index (χ2v) is 6.77. The summed E-state index contributed by atoms with van der Waals surface area (Å²) < 4.78 is 1.19. The van der Waals surface area contributed by atoms with Gasteiger partial charge in [0.15, 0.2) is 11.4 Å². The first-order valence-corrected chi connectivity index (χ1v) is 8.57. The van der Waals surface area contributed by atoms with Crippen molar-refractivity contribution in [3.63, 3.8) is 0 Å². The quantitative estimate of drug-likeness (QED) is 0.718. The molecule has 7 nitrogen and oxygen atoms in total. The maximum absolute atomic E-state index is 12.7. The summed E-state index contributed by atoms with van der Waals surface area (Å²) in [6.07, 6.45) is 2.74. The van der Waals surface area contributed by atoms with Gasteiger partial charge >= 0.3 is 0 Å². The highest BCUT2D eigenvalue weighted by atomic mass is 16.3. The number of pyridine rings is 1. The van der Waals surface area contributed by atoms with Crippen molar-refractivity contribution in [1.82, 2.24) is 19.6 Å². The Labute approximate surface area is 156 Å². The van der Waals surface area contributed by atoms with Gasteiger partial charge in [0, 0.05) is 31.0 Å². The monoisotopic (exact) mass is 366 g/mol. The van der Waals surface area contributed by atoms with Gasteiger partial charge < -0.3 is 15.3 Å². The third-order valence-electron chi connectivity index (χ3n) is 4.24. The number of fused-ring (bicyclic) bond motifs is 1. The topological polar surface area (TPSA) is 86.9 Å². The fourth-order valence-corrected chi connectivity index (χ4v) is 2.78. The van der Waals surface area contributed by atoms with Crippen molar-refractivity contribution in [2.75, 3.05) is 14.1 Å². The van der Waals surface area contributed by atoms with E-state index >= 15 is 0 Å². The average Bonchev–Trinajstić information content (AvgIpc) is 2.63. The van der Waals surface area contributed by atoms with Crippen molar-refractivity contribution in [2.45, 2.75) is 20.0 Å². The van der Waals surface area contributed by atoms with Crippen molar-refractivity contribution in [2.24, 2.45) is 0 Å². The first-order chi connectivity index (χ1) is 12.9. The van der Waals surface area contributed by atoms with Crippen LogP contribution in [0.1, 0.15) is 27.0 Å². The summed E-state index contributed by atoms with van der Waals surface area (Å²) in [7, 11) is 3.76. The molecule has 27 heavy (non-hydrogen) atoms. The molecule has 0 aliphatic carbocycles. The number of rotatable bonds is 5. The lowest BCUT2D eigenvalue weighted by atomic mass is 10.1. The number of aryl methyl sites for hydroxylation is 1. The number of hydrogen-bond acceptors (Lipinski definition) is 5. The maximum Gasteiger partial charge on any atom is 0.270 e. The number of hydrogen-bond donors (Lipinski definition) is 2. The Hall–Kier alpha value is -3.19. The third kappa shape index (κ3) is 3.98. The number of nitrogens with one attached hydrogen (secondary N) is 1. The molecule has 0 spiro atoms. The molecule has 2 aromatic heterocycles. The lowest BCUT2D eigenvalue weighted by Gasteiger charge is -2.13. The van der Waals surface area contributed by atoms with Gasteiger partial charge in [-0.05, 0) is 32.6 Å². The van der Waals surface area contributed by atoms with E-state index in [2.05, 4.69) is 10.3 Å². The van der Waals surface area contributed by atoms with Gasteiger partial charge in [-0.3, -0.25) is 14.0 Å². The molecule has 2 heterocycles. The van der Waals surface area contributed by atoms with E-state index in [9.17, 15) is 14.7 Å². The first-order valence-electron chi connectivity index (χ1n) is 8.57. The summed E-state index contributed by atoms with van der Waals surface area (Å²) in [6.45, 7) is 2.81. The van der Waals surface area contributed by atoms with E-state index < -0.39 is 11.5 Å². The zero-order chi connectivity index (χ0) is 19.6. The molecule has 0 saturated carbocycles. The summed E-state index contributed by atoms with van der Waals surface area (Å²) in [5.74, 6) is -0.561. The maximum atomic E-state index is 12.7. The molecule has 2 N–H and O–H groups in total. The first kappa shape index (κ1) is 18.6. The molecule has 0 aliphatic heterocycles. The Kier molecular flexibility index (Phi) is 5.23. The van der Waals surface area contributed by atoms with Gasteiger partial charge in [0.05, 0.1) is 0 Å². The van der Waals surface area contributed by atoms with Crippen molar-refractivity contribution < 1.29 is 9.90 Å². The standard InChI is InChI=1S/C20H22N4O3/c1-13-4-6-14(7-5-13)10-22-19(26)16-11-21-18-17(25)15(12-23(2)3)8-9-24(18)20(16)27/h4-9,11,25H,10,12H2,1-3H3,(H,22,26). The Bertz CT molecular complexity index is 1040. The van der Waals surface area contributed by atoms with Crippen LogP contribution >= 0.6 is 0 Å². The number of carbonyl (C=O) groups is 1. The van der Waals surface area contributed by atoms with Crippen LogP contribution in [0.15, 0.2) is 47.5 Å². The predicted molar refractivity (Wildman–Crippen MR) is 103 cm³/mol. The van der Waals surface area contributed by atoms with Crippen LogP contribution < -0.4 is 10.9 Å². The minimum atomic E-state index is -0.520. The minimum absolute atomic E-state index is 0.0603. The molecular formula is C20H22N4O3. The van der Waals surface area contributed by atoms with E-state index in [0.29, 0.717) is 18.7 Å². The van der Waals surface area contributed by atoms with Gasteiger partial charge in [0.25, 0.3) is 11.5 Å². The van der Waals surface area contributed by atoms with Crippen molar-refractivity contribution in [1.29, 1.82) is 0 Å². The third-order valence-corrected chi connectivity index (χ3v) is 4.24. The Morgan fingerprint density at radius 1 is 1.22 bits per heavy atom. The van der Waals surface area contributed by atoms with Crippen LogP contribution in [0.3, 0.4) is 0 Å². The normalized spacial score (nSPS) is 11.1. The van der Waals surface area contributed by atoms with Gasteiger partial charge in [-0.1, -0.05) is 29.8 Å². The molecule has 0 bridgehead atoms. The number of carbonyl (C=O) groups excluding carboxylic acids is 1. The minimum Gasteiger partial charge on any atom is -0.504 e. The molecule has 1 amide bonds. The molecule has 1 aromatic carbocycles. The zero-order valence-corrected chi connectivity index (χ0v) is 15.6. The van der Waals surface area contributed by atoms with Gasteiger partial charge in [-0.25, -0.2) is 4.98 Å². The highest BCUT2D eigenvalue weighted by molar-refractivity contribution is 5.93. The van der Waals surface area contributed by atoms with Crippen LogP contribution in [-0.2, 0) is 13.1 Å². The number of aromatic hydroxyl groups is 1. The van der Waals surface area contributed by atoms with Crippen LogP contribution in [0, 0.1) is 6.92 Å². The van der Waals surface area contributed by atoms with Crippen molar-refractivity contribution in [3.8, 4) is 5.75 Å². The second-order valence-electron chi connectivity index (χ2n) is 6.77.